The monoisotopic (exact) mass is 389 g/mol. The molecule has 2 aromatic carbocycles. The number of nitro groups is 1. The number of nitrogens with zero attached hydrogens (tertiary/aromatic N) is 2. The minimum Gasteiger partial charge on any atom is -0.463 e. The summed E-state index contributed by atoms with van der Waals surface area (Å²) in [5.41, 5.74) is 3.53. The van der Waals surface area contributed by atoms with Crippen LogP contribution in [0, 0.1) is 10.1 Å². The second-order valence-electron chi connectivity index (χ2n) is 6.82. The number of nitrogens with one attached hydrogen (secondary N) is 1. The van der Waals surface area contributed by atoms with Gasteiger partial charge in [-0.15, -0.1) is 0 Å². The van der Waals surface area contributed by atoms with Gasteiger partial charge in [-0.25, -0.2) is 0 Å². The van der Waals surface area contributed by atoms with Gasteiger partial charge in [0.25, 0.3) is 11.6 Å². The van der Waals surface area contributed by atoms with Gasteiger partial charge >= 0.3 is 0 Å². The van der Waals surface area contributed by atoms with Crippen LogP contribution < -0.4 is 5.32 Å². The van der Waals surface area contributed by atoms with Gasteiger partial charge in [-0.2, -0.15) is 0 Å². The molecule has 0 spiro atoms. The lowest BCUT2D eigenvalue weighted by atomic mass is 10.1. The molecule has 146 valence electrons. The fourth-order valence-electron chi connectivity index (χ4n) is 3.38. The van der Waals surface area contributed by atoms with Crippen molar-refractivity contribution in [3.05, 3.63) is 99.9 Å². The van der Waals surface area contributed by atoms with Crippen molar-refractivity contribution in [3.63, 3.8) is 0 Å². The molecule has 7 heteroatoms. The molecule has 0 aliphatic carbocycles. The molecule has 4 aromatic rings. The molecule has 0 saturated heterocycles. The maximum atomic E-state index is 13.0. The third-order valence-electron chi connectivity index (χ3n) is 4.86. The molecule has 2 aromatic heterocycles. The standard InChI is InChI=1S/C22H19N3O4/c1-15(17-7-3-2-4-8-17)23-22(26)20-13-21-19(10-11-29-21)24(20)14-16-6-5-9-18(12-16)25(27)28/h2-13,15H,14H2,1H3,(H,23,26). The van der Waals surface area contributed by atoms with Crippen molar-refractivity contribution in [2.24, 2.45) is 0 Å². The summed E-state index contributed by atoms with van der Waals surface area (Å²) >= 11 is 0. The molecule has 7 nitrogen and oxygen atoms in total. The number of amides is 1. The normalized spacial score (nSPS) is 12.0. The Morgan fingerprint density at radius 3 is 2.69 bits per heavy atom. The first kappa shape index (κ1) is 18.5. The van der Waals surface area contributed by atoms with Crippen LogP contribution in [0.3, 0.4) is 0 Å². The molecule has 0 aliphatic rings. The van der Waals surface area contributed by atoms with Crippen molar-refractivity contribution < 1.29 is 14.1 Å². The van der Waals surface area contributed by atoms with E-state index in [0.29, 0.717) is 17.8 Å². The average Bonchev–Trinajstić information content (AvgIpc) is 3.31. The van der Waals surface area contributed by atoms with E-state index in [-0.39, 0.29) is 17.6 Å². The Labute approximate surface area is 166 Å². The molecule has 0 aliphatic heterocycles. The highest BCUT2D eigenvalue weighted by atomic mass is 16.6. The molecule has 0 bridgehead atoms. The second kappa shape index (κ2) is 7.63. The average molecular weight is 389 g/mol. The van der Waals surface area contributed by atoms with E-state index >= 15 is 0 Å². The lowest BCUT2D eigenvalue weighted by Crippen LogP contribution is -2.28. The molecular formula is C22H19N3O4. The molecule has 1 amide bonds. The van der Waals surface area contributed by atoms with Gasteiger partial charge < -0.3 is 14.3 Å². The number of nitro benzene ring substituents is 1. The van der Waals surface area contributed by atoms with Crippen LogP contribution >= 0.6 is 0 Å². The predicted molar refractivity (Wildman–Crippen MR) is 109 cm³/mol. The number of non-ortho nitro benzene ring substituents is 1. The first-order valence-electron chi connectivity index (χ1n) is 9.19. The van der Waals surface area contributed by atoms with Crippen molar-refractivity contribution in [2.75, 3.05) is 0 Å². The minimum absolute atomic E-state index is 0.0156. The largest absolute Gasteiger partial charge is 0.463 e. The van der Waals surface area contributed by atoms with Crippen LogP contribution in [0.5, 0.6) is 0 Å². The van der Waals surface area contributed by atoms with Crippen LogP contribution in [0.2, 0.25) is 0 Å². The lowest BCUT2D eigenvalue weighted by molar-refractivity contribution is -0.384. The van der Waals surface area contributed by atoms with Crippen molar-refractivity contribution in [2.45, 2.75) is 19.5 Å². The molecule has 4 rings (SSSR count). The Balaban J connectivity index is 1.65. The van der Waals surface area contributed by atoms with E-state index in [9.17, 15) is 14.9 Å². The summed E-state index contributed by atoms with van der Waals surface area (Å²) < 4.78 is 7.28. The zero-order valence-corrected chi connectivity index (χ0v) is 15.7. The predicted octanol–water partition coefficient (Wildman–Crippen LogP) is 4.68. The summed E-state index contributed by atoms with van der Waals surface area (Å²) in [6.07, 6.45) is 1.56. The Hall–Kier alpha value is -3.87. The lowest BCUT2D eigenvalue weighted by Gasteiger charge is -2.16. The Morgan fingerprint density at radius 2 is 1.93 bits per heavy atom. The molecule has 1 unspecified atom stereocenters. The van der Waals surface area contributed by atoms with Crippen LogP contribution in [0.25, 0.3) is 11.1 Å². The van der Waals surface area contributed by atoms with Gasteiger partial charge in [-0.1, -0.05) is 42.5 Å². The number of carbonyl (C=O) groups is 1. The fourth-order valence-corrected chi connectivity index (χ4v) is 3.38. The first-order valence-corrected chi connectivity index (χ1v) is 9.19. The van der Waals surface area contributed by atoms with Crippen LogP contribution in [0.1, 0.15) is 34.6 Å². The maximum absolute atomic E-state index is 13.0. The fraction of sp³-hybridized carbons (Fsp3) is 0.136. The van der Waals surface area contributed by atoms with Crippen LogP contribution in [0.4, 0.5) is 5.69 Å². The van der Waals surface area contributed by atoms with E-state index in [2.05, 4.69) is 5.32 Å². The summed E-state index contributed by atoms with van der Waals surface area (Å²) in [4.78, 5) is 23.6. The van der Waals surface area contributed by atoms with E-state index in [1.807, 2.05) is 41.8 Å². The SMILES string of the molecule is CC(NC(=O)c1cc2occc2n1Cc1cccc([N+](=O)[O-])c1)c1ccccc1. The van der Waals surface area contributed by atoms with E-state index in [4.69, 9.17) is 4.42 Å². The van der Waals surface area contributed by atoms with E-state index < -0.39 is 4.92 Å². The number of hydrogen-bond acceptors (Lipinski definition) is 4. The smallest absolute Gasteiger partial charge is 0.269 e. The van der Waals surface area contributed by atoms with Crippen LogP contribution in [-0.4, -0.2) is 15.4 Å². The maximum Gasteiger partial charge on any atom is 0.269 e. The quantitative estimate of drug-likeness (QED) is 0.383. The number of carbonyl (C=O) groups excluding carboxylic acids is 1. The highest BCUT2D eigenvalue weighted by molar-refractivity contribution is 5.97. The molecule has 0 saturated carbocycles. The van der Waals surface area contributed by atoms with E-state index in [0.717, 1.165) is 16.6 Å². The molecule has 0 fully saturated rings. The topological polar surface area (TPSA) is 90.3 Å². The molecule has 0 radical (unpaired) electrons. The third kappa shape index (κ3) is 3.75. The number of furan rings is 1. The van der Waals surface area contributed by atoms with Crippen molar-refractivity contribution in [1.82, 2.24) is 9.88 Å². The summed E-state index contributed by atoms with van der Waals surface area (Å²) in [6, 6.07) is 19.4. The van der Waals surface area contributed by atoms with E-state index in [1.165, 1.54) is 12.1 Å². The zero-order valence-electron chi connectivity index (χ0n) is 15.7. The highest BCUT2D eigenvalue weighted by Crippen LogP contribution is 2.24. The van der Waals surface area contributed by atoms with Gasteiger partial charge in [0.1, 0.15) is 5.69 Å². The molecule has 1 atom stereocenters. The number of benzene rings is 2. The Bertz CT molecular complexity index is 1180. The number of fused-ring (bicyclic) bond motifs is 1. The number of rotatable bonds is 6. The van der Waals surface area contributed by atoms with Gasteiger partial charge in [0.05, 0.1) is 22.7 Å². The second-order valence-corrected chi connectivity index (χ2v) is 6.82. The van der Waals surface area contributed by atoms with Crippen LogP contribution in [-0.2, 0) is 6.54 Å². The highest BCUT2D eigenvalue weighted by Gasteiger charge is 2.20. The summed E-state index contributed by atoms with van der Waals surface area (Å²) in [7, 11) is 0. The summed E-state index contributed by atoms with van der Waals surface area (Å²) in [6.45, 7) is 2.23. The van der Waals surface area contributed by atoms with Gasteiger partial charge in [-0.3, -0.25) is 14.9 Å². The number of aromatic nitrogens is 1. The molecular weight excluding hydrogens is 370 g/mol. The summed E-state index contributed by atoms with van der Waals surface area (Å²) in [5, 5.41) is 14.1. The van der Waals surface area contributed by atoms with Crippen molar-refractivity contribution in [3.8, 4) is 0 Å². The van der Waals surface area contributed by atoms with Crippen LogP contribution in [0.15, 0.2) is 77.4 Å². The Morgan fingerprint density at radius 1 is 1.14 bits per heavy atom. The molecule has 29 heavy (non-hydrogen) atoms. The van der Waals surface area contributed by atoms with Crippen molar-refractivity contribution >= 4 is 22.7 Å². The number of hydrogen-bond donors (Lipinski definition) is 1. The minimum atomic E-state index is -0.429. The van der Waals surface area contributed by atoms with Gasteiger partial charge in [-0.05, 0) is 18.1 Å². The van der Waals surface area contributed by atoms with Crippen molar-refractivity contribution in [1.29, 1.82) is 0 Å². The van der Waals surface area contributed by atoms with Gasteiger partial charge in [0, 0.05) is 30.8 Å². The third-order valence-corrected chi connectivity index (χ3v) is 4.86. The molecule has 2 heterocycles. The van der Waals surface area contributed by atoms with Gasteiger partial charge in [0.15, 0.2) is 5.58 Å². The first-order chi connectivity index (χ1) is 14.0. The Kier molecular flexibility index (Phi) is 4.87. The molecule has 1 N–H and O–H groups in total. The van der Waals surface area contributed by atoms with E-state index in [1.54, 1.807) is 30.5 Å². The zero-order chi connectivity index (χ0) is 20.4. The van der Waals surface area contributed by atoms with Gasteiger partial charge in [0.2, 0.25) is 0 Å². The summed E-state index contributed by atoms with van der Waals surface area (Å²) in [5.74, 6) is -0.238.